The second-order valence-electron chi connectivity index (χ2n) is 6.21. The molecule has 130 valence electrons. The second kappa shape index (κ2) is 6.08. The molecule has 0 bridgehead atoms. The monoisotopic (exact) mass is 352 g/mol. The number of carbonyl (C=O) groups is 2. The Morgan fingerprint density at radius 2 is 2.08 bits per heavy atom. The number of carbonyl (C=O) groups excluding carboxylic acids is 2. The smallest absolute Gasteiger partial charge is 0.268 e. The first-order chi connectivity index (χ1) is 11.3. The van der Waals surface area contributed by atoms with E-state index in [1.807, 2.05) is 0 Å². The molecule has 3 rings (SSSR count). The molecule has 0 aliphatic carbocycles. The number of ether oxygens (including phenoxy) is 1. The molecule has 2 heterocycles. The Hall–Kier alpha value is -2.09. The first-order valence-corrected chi connectivity index (χ1v) is 9.64. The number of anilines is 1. The Kier molecular flexibility index (Phi) is 4.25. The summed E-state index contributed by atoms with van der Waals surface area (Å²) in [4.78, 5) is 27.8. The summed E-state index contributed by atoms with van der Waals surface area (Å²) in [5.74, 6) is 0.0811. The van der Waals surface area contributed by atoms with E-state index >= 15 is 0 Å². The average molecular weight is 352 g/mol. The summed E-state index contributed by atoms with van der Waals surface area (Å²) in [5, 5.41) is 0. The first kappa shape index (κ1) is 16.8. The number of fused-ring (bicyclic) bond motifs is 1. The fourth-order valence-electron chi connectivity index (χ4n) is 3.05. The zero-order chi connectivity index (χ0) is 17.5. The Morgan fingerprint density at radius 1 is 1.38 bits per heavy atom. The minimum atomic E-state index is -3.07. The van der Waals surface area contributed by atoms with Crippen LogP contribution in [-0.2, 0) is 19.4 Å². The molecule has 2 aliphatic rings. The minimum Gasteiger partial charge on any atom is -0.479 e. The minimum absolute atomic E-state index is 0.0146. The van der Waals surface area contributed by atoms with E-state index in [1.54, 1.807) is 38.2 Å². The number of amides is 2. The molecule has 0 saturated carbocycles. The van der Waals surface area contributed by atoms with Crippen molar-refractivity contribution in [3.8, 4) is 5.75 Å². The quantitative estimate of drug-likeness (QED) is 0.788. The van der Waals surface area contributed by atoms with Crippen LogP contribution in [0.3, 0.4) is 0 Å². The molecule has 7 nitrogen and oxygen atoms in total. The maximum atomic E-state index is 12.6. The Bertz CT molecular complexity index is 776. The Morgan fingerprint density at radius 3 is 2.75 bits per heavy atom. The molecule has 1 fully saturated rings. The van der Waals surface area contributed by atoms with Crippen LogP contribution >= 0.6 is 0 Å². The van der Waals surface area contributed by atoms with Crippen LogP contribution in [0.4, 0.5) is 5.69 Å². The number of hydrogen-bond donors (Lipinski definition) is 0. The van der Waals surface area contributed by atoms with Gasteiger partial charge in [0.05, 0.1) is 17.2 Å². The summed E-state index contributed by atoms with van der Waals surface area (Å²) in [6, 6.07) is 6.73. The van der Waals surface area contributed by atoms with E-state index in [9.17, 15) is 18.0 Å². The molecule has 1 saturated heterocycles. The first-order valence-electron chi connectivity index (χ1n) is 7.81. The van der Waals surface area contributed by atoms with Crippen molar-refractivity contribution in [2.24, 2.45) is 0 Å². The maximum absolute atomic E-state index is 12.6. The zero-order valence-electron chi connectivity index (χ0n) is 13.6. The number of para-hydroxylation sites is 2. The average Bonchev–Trinajstić information content (AvgIpc) is 2.90. The van der Waals surface area contributed by atoms with Crippen LogP contribution in [0.1, 0.15) is 13.3 Å². The van der Waals surface area contributed by atoms with Crippen molar-refractivity contribution in [2.75, 3.05) is 30.0 Å². The van der Waals surface area contributed by atoms with Gasteiger partial charge in [-0.3, -0.25) is 14.5 Å². The normalized spacial score (nSPS) is 25.1. The fourth-order valence-corrected chi connectivity index (χ4v) is 4.83. The van der Waals surface area contributed by atoms with Crippen molar-refractivity contribution in [1.29, 1.82) is 0 Å². The molecule has 1 aromatic rings. The lowest BCUT2D eigenvalue weighted by atomic mass is 10.1. The van der Waals surface area contributed by atoms with Gasteiger partial charge in [-0.15, -0.1) is 0 Å². The molecule has 2 amide bonds. The van der Waals surface area contributed by atoms with Crippen molar-refractivity contribution in [2.45, 2.75) is 25.5 Å². The number of benzene rings is 1. The third kappa shape index (κ3) is 3.10. The highest BCUT2D eigenvalue weighted by atomic mass is 32.2. The summed E-state index contributed by atoms with van der Waals surface area (Å²) < 4.78 is 28.7. The maximum Gasteiger partial charge on any atom is 0.268 e. The van der Waals surface area contributed by atoms with E-state index in [-0.39, 0.29) is 35.9 Å². The van der Waals surface area contributed by atoms with Crippen molar-refractivity contribution in [3.05, 3.63) is 24.3 Å². The fraction of sp³-hybridized carbons (Fsp3) is 0.500. The van der Waals surface area contributed by atoms with Crippen LogP contribution in [-0.4, -0.2) is 62.4 Å². The van der Waals surface area contributed by atoms with E-state index < -0.39 is 15.9 Å². The molecule has 8 heteroatoms. The molecule has 2 atom stereocenters. The summed E-state index contributed by atoms with van der Waals surface area (Å²) in [5.41, 5.74) is 0.557. The second-order valence-corrected chi connectivity index (χ2v) is 8.44. The molecule has 0 radical (unpaired) electrons. The molecule has 2 aliphatic heterocycles. The summed E-state index contributed by atoms with van der Waals surface area (Å²) in [6.07, 6.45) is -0.223. The van der Waals surface area contributed by atoms with Crippen molar-refractivity contribution in [3.63, 3.8) is 0 Å². The van der Waals surface area contributed by atoms with E-state index in [0.717, 1.165) is 0 Å². The van der Waals surface area contributed by atoms with E-state index in [1.165, 1.54) is 9.80 Å². The summed E-state index contributed by atoms with van der Waals surface area (Å²) in [7, 11) is -1.48. The lowest BCUT2D eigenvalue weighted by Gasteiger charge is -2.34. The SMILES string of the molecule is C[C@H]1Oc2ccccc2N(CC(=O)N(C)[C@@H]2CCS(=O)(=O)C2)C1=O. The highest BCUT2D eigenvalue weighted by molar-refractivity contribution is 7.91. The van der Waals surface area contributed by atoms with E-state index in [0.29, 0.717) is 17.9 Å². The number of sulfone groups is 1. The van der Waals surface area contributed by atoms with Crippen LogP contribution in [0.25, 0.3) is 0 Å². The molecule has 0 spiro atoms. The molecular weight excluding hydrogens is 332 g/mol. The topological polar surface area (TPSA) is 84.0 Å². The standard InChI is InChI=1S/C16H20N2O5S/c1-11-16(20)18(13-5-3-4-6-14(13)23-11)9-15(19)17(2)12-7-8-24(21,22)10-12/h3-6,11-12H,7-10H2,1-2H3/t11-,12-/m1/s1. The lowest BCUT2D eigenvalue weighted by Crippen LogP contribution is -2.50. The van der Waals surface area contributed by atoms with Gasteiger partial charge in [-0.25, -0.2) is 8.42 Å². The van der Waals surface area contributed by atoms with Crippen LogP contribution in [0.2, 0.25) is 0 Å². The number of nitrogens with zero attached hydrogens (tertiary/aromatic N) is 2. The van der Waals surface area contributed by atoms with Gasteiger partial charge >= 0.3 is 0 Å². The zero-order valence-corrected chi connectivity index (χ0v) is 14.5. The predicted octanol–water partition coefficient (Wildman–Crippen LogP) is 0.446. The van der Waals surface area contributed by atoms with Gasteiger partial charge in [0.1, 0.15) is 12.3 Å². The van der Waals surface area contributed by atoms with Gasteiger partial charge in [-0.2, -0.15) is 0 Å². The summed E-state index contributed by atoms with van der Waals surface area (Å²) >= 11 is 0. The van der Waals surface area contributed by atoms with Crippen LogP contribution in [0.5, 0.6) is 5.75 Å². The van der Waals surface area contributed by atoms with Crippen molar-refractivity contribution in [1.82, 2.24) is 4.90 Å². The summed E-state index contributed by atoms with van der Waals surface area (Å²) in [6.45, 7) is 1.51. The van der Waals surface area contributed by atoms with Crippen LogP contribution in [0, 0.1) is 0 Å². The van der Waals surface area contributed by atoms with Gasteiger partial charge in [-0.05, 0) is 25.5 Å². The van der Waals surface area contributed by atoms with Gasteiger partial charge in [0.2, 0.25) is 5.91 Å². The van der Waals surface area contributed by atoms with E-state index in [4.69, 9.17) is 4.74 Å². The van der Waals surface area contributed by atoms with Crippen molar-refractivity contribution < 1.29 is 22.7 Å². The third-order valence-electron chi connectivity index (χ3n) is 4.52. The molecule has 0 aromatic heterocycles. The molecule has 0 N–H and O–H groups in total. The largest absolute Gasteiger partial charge is 0.479 e. The number of hydrogen-bond acceptors (Lipinski definition) is 5. The van der Waals surface area contributed by atoms with Crippen molar-refractivity contribution >= 4 is 27.3 Å². The van der Waals surface area contributed by atoms with Gasteiger partial charge in [0.25, 0.3) is 5.91 Å². The Balaban J connectivity index is 1.77. The van der Waals surface area contributed by atoms with Gasteiger partial charge < -0.3 is 9.64 Å². The van der Waals surface area contributed by atoms with Gasteiger partial charge in [0.15, 0.2) is 15.9 Å². The predicted molar refractivity (Wildman–Crippen MR) is 88.7 cm³/mol. The number of rotatable bonds is 3. The molecule has 0 unspecified atom stereocenters. The number of likely N-dealkylation sites (N-methyl/N-ethyl adjacent to an activating group) is 1. The van der Waals surface area contributed by atoms with Crippen LogP contribution in [0.15, 0.2) is 24.3 Å². The molecule has 1 aromatic carbocycles. The molecule has 24 heavy (non-hydrogen) atoms. The van der Waals surface area contributed by atoms with Gasteiger partial charge in [0, 0.05) is 13.1 Å². The van der Waals surface area contributed by atoms with E-state index in [2.05, 4.69) is 0 Å². The Labute approximate surface area is 141 Å². The molecular formula is C16H20N2O5S. The highest BCUT2D eigenvalue weighted by Gasteiger charge is 2.36. The van der Waals surface area contributed by atoms with Crippen LogP contribution < -0.4 is 9.64 Å². The highest BCUT2D eigenvalue weighted by Crippen LogP contribution is 2.33. The third-order valence-corrected chi connectivity index (χ3v) is 6.27. The van der Waals surface area contributed by atoms with Gasteiger partial charge in [-0.1, -0.05) is 12.1 Å². The lowest BCUT2D eigenvalue weighted by molar-refractivity contribution is -0.133.